The van der Waals surface area contributed by atoms with Crippen LogP contribution in [0.5, 0.6) is 0 Å². The second kappa shape index (κ2) is 9.34. The molecule has 164 valence electrons. The first-order valence-electron chi connectivity index (χ1n) is 9.32. The van der Waals surface area contributed by atoms with Crippen LogP contribution >= 0.6 is 11.8 Å². The highest BCUT2D eigenvalue weighted by atomic mass is 32.2. The van der Waals surface area contributed by atoms with Gasteiger partial charge >= 0.3 is 0 Å². The number of carbonyl (C=O) groups excluding carboxylic acids is 1. The van der Waals surface area contributed by atoms with E-state index in [1.807, 2.05) is 28.8 Å². The Labute approximate surface area is 187 Å². The van der Waals surface area contributed by atoms with Crippen molar-refractivity contribution in [2.24, 2.45) is 5.14 Å². The molecule has 0 aliphatic carbocycles. The van der Waals surface area contributed by atoms with Gasteiger partial charge in [0.15, 0.2) is 11.0 Å². The number of nitrogens with one attached hydrogen (secondary N) is 1. The van der Waals surface area contributed by atoms with Crippen molar-refractivity contribution in [1.82, 2.24) is 19.7 Å². The standard InChI is InChI=1S/C20H18N6O4S2/c21-32(28,29)16-8-6-14(7-9-16)23-18(27)13-31-20-25-24-19(17-5-1-2-10-22-17)26(20)12-15-4-3-11-30-15/h1-11H,12-13H2,(H,23,27)(H2,21,28,29). The number of hydrogen-bond donors (Lipinski definition) is 2. The Morgan fingerprint density at radius 3 is 2.56 bits per heavy atom. The number of sulfonamides is 1. The molecule has 4 rings (SSSR count). The molecule has 0 unspecified atom stereocenters. The van der Waals surface area contributed by atoms with Crippen LogP contribution in [-0.4, -0.2) is 39.8 Å². The van der Waals surface area contributed by atoms with Gasteiger partial charge in [0.2, 0.25) is 15.9 Å². The number of anilines is 1. The predicted molar refractivity (Wildman–Crippen MR) is 118 cm³/mol. The fraction of sp³-hybridized carbons (Fsp3) is 0.100. The van der Waals surface area contributed by atoms with Gasteiger partial charge in [-0.1, -0.05) is 17.8 Å². The van der Waals surface area contributed by atoms with E-state index in [-0.39, 0.29) is 16.6 Å². The molecule has 0 bridgehead atoms. The average molecular weight is 471 g/mol. The number of furan rings is 1. The van der Waals surface area contributed by atoms with Crippen LogP contribution in [0.25, 0.3) is 11.5 Å². The molecule has 12 heteroatoms. The maximum Gasteiger partial charge on any atom is 0.238 e. The Kier molecular flexibility index (Phi) is 6.35. The van der Waals surface area contributed by atoms with E-state index < -0.39 is 10.0 Å². The highest BCUT2D eigenvalue weighted by Crippen LogP contribution is 2.24. The van der Waals surface area contributed by atoms with E-state index in [0.29, 0.717) is 34.7 Å². The number of thioether (sulfide) groups is 1. The van der Waals surface area contributed by atoms with Crippen LogP contribution in [0.4, 0.5) is 5.69 Å². The van der Waals surface area contributed by atoms with Crippen LogP contribution in [0, 0.1) is 0 Å². The van der Waals surface area contributed by atoms with E-state index in [4.69, 9.17) is 9.56 Å². The summed E-state index contributed by atoms with van der Waals surface area (Å²) >= 11 is 1.21. The molecule has 3 heterocycles. The molecule has 0 fully saturated rings. The molecule has 0 aliphatic rings. The lowest BCUT2D eigenvalue weighted by Crippen LogP contribution is -2.15. The largest absolute Gasteiger partial charge is 0.467 e. The summed E-state index contributed by atoms with van der Waals surface area (Å²) < 4.78 is 30.0. The fourth-order valence-electron chi connectivity index (χ4n) is 2.84. The molecule has 0 saturated heterocycles. The molecular weight excluding hydrogens is 452 g/mol. The topological polar surface area (TPSA) is 146 Å². The third-order valence-electron chi connectivity index (χ3n) is 4.30. The Hall–Kier alpha value is -3.48. The number of carbonyl (C=O) groups is 1. The van der Waals surface area contributed by atoms with Crippen molar-refractivity contribution < 1.29 is 17.6 Å². The number of pyridine rings is 1. The SMILES string of the molecule is NS(=O)(=O)c1ccc(NC(=O)CSc2nnc(-c3ccccn3)n2Cc2ccco2)cc1. The minimum atomic E-state index is -3.79. The number of primary sulfonamides is 1. The van der Waals surface area contributed by atoms with Crippen molar-refractivity contribution in [3.63, 3.8) is 0 Å². The van der Waals surface area contributed by atoms with Crippen LogP contribution < -0.4 is 10.5 Å². The summed E-state index contributed by atoms with van der Waals surface area (Å²) in [6.07, 6.45) is 3.25. The molecule has 0 spiro atoms. The molecule has 0 aliphatic heterocycles. The van der Waals surface area contributed by atoms with Gasteiger partial charge in [-0.25, -0.2) is 13.6 Å². The number of amides is 1. The normalized spacial score (nSPS) is 11.4. The summed E-state index contributed by atoms with van der Waals surface area (Å²) in [5.74, 6) is 1.05. The van der Waals surface area contributed by atoms with Gasteiger partial charge in [0.05, 0.1) is 23.5 Å². The Morgan fingerprint density at radius 1 is 1.09 bits per heavy atom. The summed E-state index contributed by atoms with van der Waals surface area (Å²) in [5.41, 5.74) is 1.10. The van der Waals surface area contributed by atoms with Crippen LogP contribution in [0.15, 0.2) is 81.5 Å². The minimum Gasteiger partial charge on any atom is -0.467 e. The third-order valence-corrected chi connectivity index (χ3v) is 6.20. The third kappa shape index (κ3) is 5.22. The summed E-state index contributed by atoms with van der Waals surface area (Å²) in [4.78, 5) is 16.7. The van der Waals surface area contributed by atoms with Crippen molar-refractivity contribution in [1.29, 1.82) is 0 Å². The lowest BCUT2D eigenvalue weighted by atomic mass is 10.3. The van der Waals surface area contributed by atoms with Crippen molar-refractivity contribution in [3.8, 4) is 11.5 Å². The van der Waals surface area contributed by atoms with Gasteiger partial charge in [0.25, 0.3) is 0 Å². The monoisotopic (exact) mass is 470 g/mol. The molecule has 0 saturated carbocycles. The first kappa shape index (κ1) is 21.7. The van der Waals surface area contributed by atoms with Crippen LogP contribution in [0.2, 0.25) is 0 Å². The van der Waals surface area contributed by atoms with Crippen molar-refractivity contribution >= 4 is 33.4 Å². The van der Waals surface area contributed by atoms with E-state index in [1.165, 1.54) is 36.0 Å². The van der Waals surface area contributed by atoms with Gasteiger partial charge in [-0.15, -0.1) is 10.2 Å². The molecule has 10 nitrogen and oxygen atoms in total. The highest BCUT2D eigenvalue weighted by Gasteiger charge is 2.18. The summed E-state index contributed by atoms with van der Waals surface area (Å²) in [6, 6.07) is 14.7. The zero-order valence-corrected chi connectivity index (χ0v) is 18.2. The zero-order valence-electron chi connectivity index (χ0n) is 16.6. The minimum absolute atomic E-state index is 0.0297. The Balaban J connectivity index is 1.48. The fourth-order valence-corrected chi connectivity index (χ4v) is 4.09. The van der Waals surface area contributed by atoms with Crippen molar-refractivity contribution in [3.05, 3.63) is 72.8 Å². The van der Waals surface area contributed by atoms with Gasteiger partial charge in [-0.3, -0.25) is 14.3 Å². The maximum atomic E-state index is 12.4. The van der Waals surface area contributed by atoms with Gasteiger partial charge in [-0.2, -0.15) is 0 Å². The molecule has 1 aromatic carbocycles. The van der Waals surface area contributed by atoms with E-state index >= 15 is 0 Å². The first-order valence-corrected chi connectivity index (χ1v) is 11.9. The zero-order chi connectivity index (χ0) is 22.6. The van der Waals surface area contributed by atoms with Gasteiger partial charge in [-0.05, 0) is 48.5 Å². The smallest absolute Gasteiger partial charge is 0.238 e. The molecule has 4 aromatic rings. The molecule has 3 aromatic heterocycles. The second-order valence-corrected chi connectivity index (χ2v) is 9.10. The summed E-state index contributed by atoms with van der Waals surface area (Å²) in [6.45, 7) is 0.380. The number of rotatable bonds is 8. The second-order valence-electron chi connectivity index (χ2n) is 6.59. The van der Waals surface area contributed by atoms with Gasteiger partial charge < -0.3 is 9.73 Å². The van der Waals surface area contributed by atoms with E-state index in [1.54, 1.807) is 18.5 Å². The van der Waals surface area contributed by atoms with E-state index in [2.05, 4.69) is 20.5 Å². The summed E-state index contributed by atoms with van der Waals surface area (Å²) in [5, 5.41) is 16.8. The quantitative estimate of drug-likeness (QED) is 0.373. The number of benzene rings is 1. The number of aromatic nitrogens is 4. The lowest BCUT2D eigenvalue weighted by molar-refractivity contribution is -0.113. The average Bonchev–Trinajstić information content (AvgIpc) is 3.43. The predicted octanol–water partition coefficient (Wildman–Crippen LogP) is 2.36. The first-order chi connectivity index (χ1) is 15.4. The number of nitrogens with two attached hydrogens (primary N) is 1. The number of nitrogens with zero attached hydrogens (tertiary/aromatic N) is 4. The van der Waals surface area contributed by atoms with E-state index in [9.17, 15) is 13.2 Å². The molecule has 0 radical (unpaired) electrons. The molecule has 32 heavy (non-hydrogen) atoms. The molecular formula is C20H18N6O4S2. The summed E-state index contributed by atoms with van der Waals surface area (Å²) in [7, 11) is -3.79. The van der Waals surface area contributed by atoms with Gasteiger partial charge in [0.1, 0.15) is 11.5 Å². The van der Waals surface area contributed by atoms with Crippen LogP contribution in [0.1, 0.15) is 5.76 Å². The van der Waals surface area contributed by atoms with Gasteiger partial charge in [0, 0.05) is 11.9 Å². The molecule has 3 N–H and O–H groups in total. The lowest BCUT2D eigenvalue weighted by Gasteiger charge is -2.09. The number of hydrogen-bond acceptors (Lipinski definition) is 8. The Bertz CT molecular complexity index is 1300. The van der Waals surface area contributed by atoms with Crippen LogP contribution in [-0.2, 0) is 21.4 Å². The molecule has 1 amide bonds. The van der Waals surface area contributed by atoms with Crippen molar-refractivity contribution in [2.75, 3.05) is 11.1 Å². The highest BCUT2D eigenvalue weighted by molar-refractivity contribution is 7.99. The van der Waals surface area contributed by atoms with E-state index in [0.717, 1.165) is 0 Å². The Morgan fingerprint density at radius 2 is 1.91 bits per heavy atom. The van der Waals surface area contributed by atoms with Crippen molar-refractivity contribution in [2.45, 2.75) is 16.6 Å². The van der Waals surface area contributed by atoms with Crippen LogP contribution in [0.3, 0.4) is 0 Å². The molecule has 0 atom stereocenters. The maximum absolute atomic E-state index is 12.4.